The van der Waals surface area contributed by atoms with Gasteiger partial charge < -0.3 is 10.1 Å². The van der Waals surface area contributed by atoms with E-state index >= 15 is 0 Å². The van der Waals surface area contributed by atoms with Crippen LogP contribution in [0.1, 0.15) is 60.2 Å². The zero-order valence-electron chi connectivity index (χ0n) is 19.9. The summed E-state index contributed by atoms with van der Waals surface area (Å²) in [5, 5.41) is 7.22. The van der Waals surface area contributed by atoms with Gasteiger partial charge in [-0.3, -0.25) is 14.4 Å². The van der Waals surface area contributed by atoms with Gasteiger partial charge in [-0.2, -0.15) is 5.10 Å². The minimum absolute atomic E-state index is 0.0983. The number of aryl methyl sites for hydroxylation is 3. The first kappa shape index (κ1) is 24.1. The van der Waals surface area contributed by atoms with Crippen LogP contribution in [-0.4, -0.2) is 38.4 Å². The monoisotopic (exact) mass is 450 g/mol. The van der Waals surface area contributed by atoms with Crippen molar-refractivity contribution in [1.29, 1.82) is 0 Å². The largest absolute Gasteiger partial charge is 0.454 e. The Hall–Kier alpha value is -3.55. The van der Waals surface area contributed by atoms with Gasteiger partial charge in [0, 0.05) is 41.0 Å². The molecule has 174 valence electrons. The van der Waals surface area contributed by atoms with E-state index < -0.39 is 12.1 Å². The number of carbonyl (C=O) groups excluding carboxylic acids is 3. The predicted octanol–water partition coefficient (Wildman–Crippen LogP) is 4.00. The Labute approximate surface area is 193 Å². The number of esters is 1. The van der Waals surface area contributed by atoms with Crippen molar-refractivity contribution in [3.63, 3.8) is 0 Å². The number of ketones is 1. The van der Waals surface area contributed by atoms with Crippen LogP contribution in [0.3, 0.4) is 0 Å². The molecule has 1 aromatic carbocycles. The number of aromatic nitrogens is 3. The number of benzene rings is 1. The van der Waals surface area contributed by atoms with E-state index in [2.05, 4.69) is 15.4 Å². The van der Waals surface area contributed by atoms with Crippen LogP contribution < -0.4 is 5.32 Å². The molecule has 33 heavy (non-hydrogen) atoms. The fraction of sp³-hybridized carbons (Fsp3) is 0.400. The lowest BCUT2D eigenvalue weighted by Crippen LogP contribution is -2.25. The number of Topliss-reactive ketones (excluding diaryl/α,β-unsaturated/α-hetero) is 1. The van der Waals surface area contributed by atoms with Gasteiger partial charge >= 0.3 is 5.97 Å². The number of hydrogen-bond donors (Lipinski definition) is 1. The van der Waals surface area contributed by atoms with Crippen molar-refractivity contribution >= 4 is 29.0 Å². The number of nitrogens with zero attached hydrogens (tertiary/aromatic N) is 3. The van der Waals surface area contributed by atoms with E-state index in [0.717, 1.165) is 28.3 Å². The van der Waals surface area contributed by atoms with Crippen LogP contribution in [-0.2, 0) is 20.7 Å². The SMILES string of the molecule is Cc1cc2nc(C)c(CCC(=O)OC(C)C(=O)c3ccc(NC(=O)C(C)C)cc3)c(C)n2n1. The molecule has 0 aliphatic rings. The molecule has 0 saturated heterocycles. The summed E-state index contributed by atoms with van der Waals surface area (Å²) in [7, 11) is 0. The minimum Gasteiger partial charge on any atom is -0.454 e. The highest BCUT2D eigenvalue weighted by Crippen LogP contribution is 2.18. The molecule has 3 rings (SSSR count). The molecule has 0 aliphatic heterocycles. The standard InChI is InChI=1S/C25H30N4O4/c1-14(2)25(32)27-20-9-7-19(8-10-20)24(31)18(6)33-23(30)12-11-21-16(4)26-22-13-15(3)28-29(22)17(21)5/h7-10,13-14,18H,11-12H2,1-6H3,(H,27,32). The van der Waals surface area contributed by atoms with Gasteiger partial charge in [-0.1, -0.05) is 13.8 Å². The summed E-state index contributed by atoms with van der Waals surface area (Å²) in [5.41, 5.74) is 5.41. The Morgan fingerprint density at radius 3 is 2.36 bits per heavy atom. The van der Waals surface area contributed by atoms with Crippen molar-refractivity contribution < 1.29 is 19.1 Å². The highest BCUT2D eigenvalue weighted by Gasteiger charge is 2.20. The van der Waals surface area contributed by atoms with Crippen LogP contribution in [0.2, 0.25) is 0 Å². The first-order valence-electron chi connectivity index (χ1n) is 11.0. The number of hydrogen-bond acceptors (Lipinski definition) is 6. The van der Waals surface area contributed by atoms with Gasteiger partial charge in [0.2, 0.25) is 11.7 Å². The van der Waals surface area contributed by atoms with E-state index in [1.54, 1.807) is 49.6 Å². The number of carbonyl (C=O) groups is 3. The lowest BCUT2D eigenvalue weighted by molar-refractivity contribution is -0.146. The summed E-state index contributed by atoms with van der Waals surface area (Å²) in [6, 6.07) is 8.46. The second-order valence-electron chi connectivity index (χ2n) is 8.53. The lowest BCUT2D eigenvalue weighted by Gasteiger charge is -2.14. The molecule has 1 N–H and O–H groups in total. The third-order valence-electron chi connectivity index (χ3n) is 5.50. The summed E-state index contributed by atoms with van der Waals surface area (Å²) < 4.78 is 7.17. The van der Waals surface area contributed by atoms with E-state index in [4.69, 9.17) is 4.74 Å². The maximum Gasteiger partial charge on any atom is 0.306 e. The Bertz CT molecular complexity index is 1200. The molecule has 8 heteroatoms. The molecule has 0 radical (unpaired) electrons. The molecular formula is C25H30N4O4. The highest BCUT2D eigenvalue weighted by molar-refractivity contribution is 6.01. The third kappa shape index (κ3) is 5.63. The maximum absolute atomic E-state index is 12.7. The van der Waals surface area contributed by atoms with Gasteiger partial charge in [-0.25, -0.2) is 9.50 Å². The Morgan fingerprint density at radius 1 is 1.06 bits per heavy atom. The number of ether oxygens (including phenoxy) is 1. The molecule has 1 amide bonds. The number of amides is 1. The van der Waals surface area contributed by atoms with E-state index in [-0.39, 0.29) is 24.0 Å². The normalized spacial score (nSPS) is 12.1. The molecule has 0 bridgehead atoms. The molecule has 0 spiro atoms. The number of fused-ring (bicyclic) bond motifs is 1. The minimum atomic E-state index is -0.912. The van der Waals surface area contributed by atoms with Crippen LogP contribution in [0.4, 0.5) is 5.69 Å². The first-order chi connectivity index (χ1) is 15.6. The van der Waals surface area contributed by atoms with Gasteiger partial charge in [0.15, 0.2) is 11.8 Å². The van der Waals surface area contributed by atoms with Gasteiger partial charge in [-0.05, 0) is 63.9 Å². The van der Waals surface area contributed by atoms with Crippen LogP contribution in [0.5, 0.6) is 0 Å². The molecule has 1 unspecified atom stereocenters. The summed E-state index contributed by atoms with van der Waals surface area (Å²) in [5.74, 6) is -0.988. The lowest BCUT2D eigenvalue weighted by atomic mass is 10.1. The van der Waals surface area contributed by atoms with Gasteiger partial charge in [0.05, 0.1) is 5.69 Å². The molecule has 8 nitrogen and oxygen atoms in total. The van der Waals surface area contributed by atoms with E-state index in [9.17, 15) is 14.4 Å². The Kier molecular flexibility index (Phi) is 7.26. The van der Waals surface area contributed by atoms with E-state index in [0.29, 0.717) is 17.7 Å². The summed E-state index contributed by atoms with van der Waals surface area (Å²) in [6.45, 7) is 10.9. The van der Waals surface area contributed by atoms with Gasteiger partial charge in [0.25, 0.3) is 0 Å². The number of rotatable bonds is 8. The molecule has 3 aromatic rings. The van der Waals surface area contributed by atoms with Crippen molar-refractivity contribution in [2.24, 2.45) is 5.92 Å². The van der Waals surface area contributed by atoms with Crippen LogP contribution >= 0.6 is 0 Å². The highest BCUT2D eigenvalue weighted by atomic mass is 16.5. The Balaban J connectivity index is 1.59. The topological polar surface area (TPSA) is 103 Å². The average Bonchev–Trinajstić information content (AvgIpc) is 3.13. The molecule has 0 fully saturated rings. The second kappa shape index (κ2) is 9.94. The second-order valence-corrected chi connectivity index (χ2v) is 8.53. The summed E-state index contributed by atoms with van der Waals surface area (Å²) in [6.07, 6.45) is -0.332. The zero-order chi connectivity index (χ0) is 24.3. The van der Waals surface area contributed by atoms with E-state index in [1.807, 2.05) is 26.8 Å². The zero-order valence-corrected chi connectivity index (χ0v) is 19.9. The molecule has 1 atom stereocenters. The summed E-state index contributed by atoms with van der Waals surface area (Å²) in [4.78, 5) is 41.4. The van der Waals surface area contributed by atoms with Crippen molar-refractivity contribution in [3.8, 4) is 0 Å². The maximum atomic E-state index is 12.7. The smallest absolute Gasteiger partial charge is 0.306 e. The first-order valence-corrected chi connectivity index (χ1v) is 11.0. The summed E-state index contributed by atoms with van der Waals surface area (Å²) >= 11 is 0. The van der Waals surface area contributed by atoms with Crippen LogP contribution in [0.25, 0.3) is 5.65 Å². The molecule has 0 aliphatic carbocycles. The number of nitrogens with one attached hydrogen (secondary N) is 1. The van der Waals surface area contributed by atoms with Crippen molar-refractivity contribution in [3.05, 3.63) is 58.5 Å². The quantitative estimate of drug-likeness (QED) is 0.411. The Morgan fingerprint density at radius 2 is 1.73 bits per heavy atom. The average molecular weight is 451 g/mol. The molecule has 2 heterocycles. The van der Waals surface area contributed by atoms with Crippen molar-refractivity contribution in [2.45, 2.75) is 60.5 Å². The third-order valence-corrected chi connectivity index (χ3v) is 5.50. The molecule has 2 aromatic heterocycles. The van der Waals surface area contributed by atoms with E-state index in [1.165, 1.54) is 0 Å². The fourth-order valence-corrected chi connectivity index (χ4v) is 3.58. The van der Waals surface area contributed by atoms with Crippen molar-refractivity contribution in [1.82, 2.24) is 14.6 Å². The molecule has 0 saturated carbocycles. The van der Waals surface area contributed by atoms with Crippen molar-refractivity contribution in [2.75, 3.05) is 5.32 Å². The fourth-order valence-electron chi connectivity index (χ4n) is 3.58. The van der Waals surface area contributed by atoms with Gasteiger partial charge in [0.1, 0.15) is 0 Å². The van der Waals surface area contributed by atoms with Gasteiger partial charge in [-0.15, -0.1) is 0 Å². The van der Waals surface area contributed by atoms with Crippen LogP contribution in [0, 0.1) is 26.7 Å². The number of anilines is 1. The van der Waals surface area contributed by atoms with Crippen LogP contribution in [0.15, 0.2) is 30.3 Å². The predicted molar refractivity (Wildman–Crippen MR) is 125 cm³/mol. The molecular weight excluding hydrogens is 420 g/mol.